The molecule has 0 saturated carbocycles. The van der Waals surface area contributed by atoms with E-state index in [0.29, 0.717) is 110 Å². The standard InChI is InChI=1S/C10H14O4S.2C9H17NO3S.C7H7ClO2S.C7H13NO4.C4H4O3.C3H7N3O.C3H9NO.C3H8O2.CH5N.6CH4.N3.Na/c1-9-3-5-10(6-4-9)15(11,12)14-8-7-13-2;2*1-13-6-5-10-9(12)3-2-8(11)4-7-14;1-6-2-4-7(5-3-6)11(8,9)10;1-12-5-4-8-6(9)2-3-7(10)11;5-3-1-2-4(6)7-3;1-7-3-2-5-6-4;2*1-5-3-2-4;1-2;;;;;;;1-3-2;/h3-6H,7-8H2,1-2H3;2*14H,2-7H2,1H3,(H,10,12);2-5H,1H3;2-5H2,1H3,(H,8,9)(H,10,11);1-2H2;2-3H2,1H3;2-4H2,1H3;4H,2-3H2,1H3;2H2,1H3;6*1H4;;/q;;;;;;;;;;;;;;;;-1;+1. The van der Waals surface area contributed by atoms with Crippen LogP contribution in [0.4, 0.5) is 0 Å². The number of aliphatic carboxylic acids is 1. The number of aliphatic hydroxyl groups is 1. The maximum absolute atomic E-state index is 11.5. The number of ketones is 2. The zero-order valence-electron chi connectivity index (χ0n) is 56.9. The summed E-state index contributed by atoms with van der Waals surface area (Å²) in [4.78, 5) is 89.4. The van der Waals surface area contributed by atoms with E-state index in [1.807, 2.05) is 13.8 Å². The molecule has 0 bridgehead atoms. The van der Waals surface area contributed by atoms with Crippen LogP contribution in [0.5, 0.6) is 0 Å². The molecule has 1 fully saturated rings. The predicted molar refractivity (Wildman–Crippen MR) is 404 cm³/mol. The van der Waals surface area contributed by atoms with Crippen molar-refractivity contribution in [3.05, 3.63) is 86.1 Å². The number of aliphatic hydroxyl groups excluding tert-OH is 1. The Morgan fingerprint density at radius 2 is 0.873 bits per heavy atom. The zero-order valence-corrected chi connectivity index (χ0v) is 63.1. The minimum atomic E-state index is -3.63. The van der Waals surface area contributed by atoms with E-state index in [4.69, 9.17) is 61.6 Å². The quantitative estimate of drug-likeness (QED) is 0.00419. The molecule has 2 aromatic carbocycles. The van der Waals surface area contributed by atoms with Gasteiger partial charge in [-0.25, -0.2) is 8.42 Å². The smallest absolute Gasteiger partial charge is 0.481 e. The fourth-order valence-electron chi connectivity index (χ4n) is 4.89. The molecule has 598 valence electrons. The number of rotatable bonds is 35. The number of nitrogens with two attached hydrogens (primary N) is 2. The fraction of sp³-hybridized carbons (Fsp3) is 0.677. The molecule has 0 spiro atoms. The Hall–Kier alpha value is -5.13. The summed E-state index contributed by atoms with van der Waals surface area (Å²) >= 11 is 7.87. The minimum Gasteiger partial charge on any atom is -0.481 e. The first-order chi connectivity index (χ1) is 45.1. The molecule has 0 aliphatic carbocycles. The summed E-state index contributed by atoms with van der Waals surface area (Å²) in [6.45, 7) is 9.70. The molecule has 2 aromatic rings. The van der Waals surface area contributed by atoms with E-state index in [1.165, 1.54) is 50.4 Å². The number of nitrogens with zero attached hydrogens (tertiary/aromatic N) is 6. The van der Waals surface area contributed by atoms with Crippen molar-refractivity contribution < 1.29 is 137 Å². The van der Waals surface area contributed by atoms with Gasteiger partial charge in [-0.2, -0.15) is 33.7 Å². The molecule has 0 aromatic heterocycles. The van der Waals surface area contributed by atoms with Gasteiger partial charge in [-0.1, -0.05) is 85.1 Å². The molecule has 1 heterocycles. The number of azide groups is 1. The first-order valence-electron chi connectivity index (χ1n) is 28.4. The molecule has 9 N–H and O–H groups in total. The first kappa shape index (κ1) is 133. The Labute approximate surface area is 646 Å². The van der Waals surface area contributed by atoms with E-state index < -0.39 is 37.1 Å². The molecule has 1 saturated heterocycles. The number of methoxy groups -OCH3 is 7. The van der Waals surface area contributed by atoms with Crippen LogP contribution in [-0.2, 0) is 99.6 Å². The number of ether oxygens (including phenoxy) is 8. The van der Waals surface area contributed by atoms with E-state index in [0.717, 1.165) is 11.1 Å². The third-order valence-electron chi connectivity index (χ3n) is 9.47. The predicted octanol–water partition coefficient (Wildman–Crippen LogP) is 4.99. The van der Waals surface area contributed by atoms with Crippen LogP contribution in [0.15, 0.2) is 63.4 Å². The maximum atomic E-state index is 11.5. The van der Waals surface area contributed by atoms with Crippen LogP contribution in [0, 0.1) is 13.8 Å². The summed E-state index contributed by atoms with van der Waals surface area (Å²) < 4.78 is 85.8. The number of hydrogen-bond donors (Lipinski definition) is 9. The normalized spacial score (nSPS) is 9.61. The Kier molecular flexibility index (Phi) is 133. The van der Waals surface area contributed by atoms with Crippen molar-refractivity contribution in [3.63, 3.8) is 0 Å². The molecule has 0 radical (unpaired) electrons. The second-order valence-corrected chi connectivity index (χ2v) is 22.2. The number of benzene rings is 2. The molecule has 102 heavy (non-hydrogen) atoms. The largest absolute Gasteiger partial charge is 1.00 e. The molecule has 1 aliphatic rings. The van der Waals surface area contributed by atoms with E-state index in [9.17, 15) is 55.2 Å². The van der Waals surface area contributed by atoms with Gasteiger partial charge in [0.25, 0.3) is 19.2 Å². The van der Waals surface area contributed by atoms with Crippen LogP contribution < -0.4 is 57.0 Å². The number of amides is 3. The molecule has 3 amide bonds. The number of nitrogens with one attached hydrogen (secondary N) is 3. The number of carbonyl (C=O) groups is 8. The van der Waals surface area contributed by atoms with Gasteiger partial charge in [0.1, 0.15) is 11.6 Å². The molecular formula is C62H125ClN11NaO23S4. The van der Waals surface area contributed by atoms with Crippen LogP contribution in [-0.4, -0.2) is 235 Å². The summed E-state index contributed by atoms with van der Waals surface area (Å²) in [5.74, 6) is -0.955. The Balaban J connectivity index is -0.0000000643. The number of hydrogen-bond acceptors (Lipinski definition) is 27. The Bertz CT molecular complexity index is 2510. The van der Waals surface area contributed by atoms with Gasteiger partial charge in [-0.05, 0) is 62.2 Å². The molecule has 1 aliphatic heterocycles. The van der Waals surface area contributed by atoms with Crippen molar-refractivity contribution >= 4 is 102 Å². The second-order valence-electron chi connectivity index (χ2n) is 17.2. The number of Topliss-reactive ketones (excluding diaryl/α,β-unsaturated/α-hetero) is 2. The third kappa shape index (κ3) is 113. The maximum Gasteiger partial charge on any atom is 1.00 e. The van der Waals surface area contributed by atoms with Gasteiger partial charge in [0.05, 0.1) is 88.5 Å². The first-order valence-corrected chi connectivity index (χ1v) is 33.3. The van der Waals surface area contributed by atoms with Crippen molar-refractivity contribution in [1.82, 2.24) is 16.0 Å². The molecule has 34 nitrogen and oxygen atoms in total. The summed E-state index contributed by atoms with van der Waals surface area (Å²) in [5, 5.41) is 27.2. The monoisotopic (exact) mass is 1580 g/mol. The number of aryl methyl sites for hydroxylation is 2. The van der Waals surface area contributed by atoms with Crippen LogP contribution in [0.2, 0.25) is 0 Å². The number of cyclic esters (lactones) is 2. The summed E-state index contributed by atoms with van der Waals surface area (Å²) in [5.41, 5.74) is 32.7. The van der Waals surface area contributed by atoms with Crippen molar-refractivity contribution in [2.75, 3.05) is 161 Å². The summed E-state index contributed by atoms with van der Waals surface area (Å²) in [7, 11) is 10.3. The van der Waals surface area contributed by atoms with Crippen LogP contribution in [0.1, 0.15) is 120 Å². The summed E-state index contributed by atoms with van der Waals surface area (Å²) in [6.07, 6.45) is 2.43. The number of thiol groups is 2. The Morgan fingerprint density at radius 3 is 1.11 bits per heavy atom. The number of esters is 2. The average Bonchev–Trinajstić information content (AvgIpc) is 0.924. The minimum absolute atomic E-state index is 0. The van der Waals surface area contributed by atoms with E-state index in [2.05, 4.69) is 80.7 Å². The van der Waals surface area contributed by atoms with Crippen molar-refractivity contribution in [3.8, 4) is 0 Å². The average molecular weight is 1580 g/mol. The summed E-state index contributed by atoms with van der Waals surface area (Å²) in [6, 6.07) is 12.9. The van der Waals surface area contributed by atoms with Gasteiger partial charge in [-0.3, -0.25) is 47.5 Å². The number of halogens is 1. The van der Waals surface area contributed by atoms with Crippen molar-refractivity contribution in [2.24, 2.45) is 16.6 Å². The van der Waals surface area contributed by atoms with Gasteiger partial charge in [0.2, 0.25) is 17.7 Å². The van der Waals surface area contributed by atoms with Gasteiger partial charge in [0, 0.05) is 143 Å². The van der Waals surface area contributed by atoms with Gasteiger partial charge in [0.15, 0.2) is 0 Å². The second kappa shape index (κ2) is 102. The van der Waals surface area contributed by atoms with Gasteiger partial charge >= 0.3 is 47.5 Å². The van der Waals surface area contributed by atoms with Crippen molar-refractivity contribution in [2.45, 2.75) is 132 Å². The molecular weight excluding hydrogens is 1450 g/mol. The zero-order chi connectivity index (χ0) is 74.6. The third-order valence-corrected chi connectivity index (χ3v) is 12.6. The number of carbonyl (C=O) groups excluding carboxylic acids is 7. The van der Waals surface area contributed by atoms with Gasteiger partial charge in [-0.15, -0.1) is 0 Å². The SMILES string of the molecule is C.C.C.C.C.C.CN.COCCN.COCCN=[N+]=[N-].COCCNC(=O)CCC(=O)CCS.COCCNC(=O)CCC(=O)CCS.COCCNC(=O)CCC(=O)O.COCCO.COCCOS(=O)(=O)c1ccc(C)cc1.Cc1ccc(S(=O)(=O)Cl)cc1.O=C1CCC(=O)O1.[N-]=[N+]=[N-].[Na+]. The molecule has 0 atom stereocenters. The van der Waals surface area contributed by atoms with Gasteiger partial charge < -0.3 is 86.6 Å². The van der Waals surface area contributed by atoms with Crippen LogP contribution >= 0.6 is 35.9 Å². The van der Waals surface area contributed by atoms with E-state index in [1.54, 1.807) is 59.8 Å². The Morgan fingerprint density at radius 1 is 0.549 bits per heavy atom. The number of carboxylic acids is 1. The van der Waals surface area contributed by atoms with Crippen molar-refractivity contribution in [1.29, 1.82) is 0 Å². The molecule has 0 unspecified atom stereocenters. The van der Waals surface area contributed by atoms with Crippen LogP contribution in [0.3, 0.4) is 0 Å². The molecule has 40 heteroatoms. The molecule has 3 rings (SSSR count). The topological polar surface area (TPSA) is 524 Å². The van der Waals surface area contributed by atoms with E-state index in [-0.39, 0.29) is 172 Å². The van der Waals surface area contributed by atoms with Crippen LogP contribution in [0.25, 0.3) is 26.4 Å². The van der Waals surface area contributed by atoms with E-state index >= 15 is 0 Å². The number of carboxylic acid groups (broad SMARTS) is 1. The fourth-order valence-corrected chi connectivity index (χ4v) is 7.05.